The summed E-state index contributed by atoms with van der Waals surface area (Å²) in [5.41, 5.74) is 1.20. The molecule has 0 radical (unpaired) electrons. The van der Waals surface area contributed by atoms with Crippen LogP contribution in [0.25, 0.3) is 6.08 Å². The van der Waals surface area contributed by atoms with Gasteiger partial charge in [-0.3, -0.25) is 4.79 Å². The third-order valence-electron chi connectivity index (χ3n) is 4.04. The highest BCUT2D eigenvalue weighted by Crippen LogP contribution is 2.31. The molecule has 1 fully saturated rings. The van der Waals surface area contributed by atoms with Crippen LogP contribution in [0, 0.1) is 0 Å². The van der Waals surface area contributed by atoms with E-state index >= 15 is 0 Å². The van der Waals surface area contributed by atoms with Gasteiger partial charge >= 0.3 is 0 Å². The first-order chi connectivity index (χ1) is 10.3. The van der Waals surface area contributed by atoms with Crippen LogP contribution in [0.15, 0.2) is 47.2 Å². The van der Waals surface area contributed by atoms with E-state index in [0.717, 1.165) is 19.4 Å². The largest absolute Gasteiger partial charge is 0.465 e. The summed E-state index contributed by atoms with van der Waals surface area (Å²) in [6.45, 7) is 0.817. The molecule has 3 rings (SSSR count). The van der Waals surface area contributed by atoms with Gasteiger partial charge in [-0.15, -0.1) is 0 Å². The Morgan fingerprint density at radius 1 is 1.33 bits per heavy atom. The minimum atomic E-state index is 0.0531. The SMILES string of the molecule is Cn1cccc1C1CCCCN1C(=O)C=Cc1ccco1. The van der Waals surface area contributed by atoms with Gasteiger partial charge in [0.25, 0.3) is 0 Å². The van der Waals surface area contributed by atoms with E-state index in [2.05, 4.69) is 10.6 Å². The van der Waals surface area contributed by atoms with Gasteiger partial charge in [0.1, 0.15) is 5.76 Å². The summed E-state index contributed by atoms with van der Waals surface area (Å²) >= 11 is 0. The number of carbonyl (C=O) groups excluding carboxylic acids is 1. The van der Waals surface area contributed by atoms with Gasteiger partial charge in [-0.05, 0) is 49.6 Å². The normalized spacial score (nSPS) is 19.3. The van der Waals surface area contributed by atoms with E-state index in [4.69, 9.17) is 4.42 Å². The standard InChI is InChI=1S/C17H20N2O2/c1-18-11-4-8-15(18)16-7-2-3-12-19(16)17(20)10-9-14-6-5-13-21-14/h4-6,8-11,13,16H,2-3,7,12H2,1H3. The molecule has 1 saturated heterocycles. The molecule has 0 spiro atoms. The average Bonchev–Trinajstić information content (AvgIpc) is 3.16. The average molecular weight is 284 g/mol. The molecular weight excluding hydrogens is 264 g/mol. The number of carbonyl (C=O) groups is 1. The van der Waals surface area contributed by atoms with E-state index in [1.807, 2.05) is 36.3 Å². The molecule has 0 N–H and O–H groups in total. The van der Waals surface area contributed by atoms with Crippen molar-refractivity contribution in [1.82, 2.24) is 9.47 Å². The van der Waals surface area contributed by atoms with Crippen molar-refractivity contribution in [2.24, 2.45) is 7.05 Å². The summed E-state index contributed by atoms with van der Waals surface area (Å²) in [4.78, 5) is 14.5. The lowest BCUT2D eigenvalue weighted by Gasteiger charge is -2.35. The maximum absolute atomic E-state index is 12.5. The summed E-state index contributed by atoms with van der Waals surface area (Å²) in [5.74, 6) is 0.757. The highest BCUT2D eigenvalue weighted by atomic mass is 16.3. The molecule has 1 unspecified atom stereocenters. The summed E-state index contributed by atoms with van der Waals surface area (Å²) in [5, 5.41) is 0. The van der Waals surface area contributed by atoms with Crippen LogP contribution in [-0.4, -0.2) is 21.9 Å². The highest BCUT2D eigenvalue weighted by molar-refractivity contribution is 5.91. The fourth-order valence-electron chi connectivity index (χ4n) is 2.96. The number of amides is 1. The van der Waals surface area contributed by atoms with E-state index in [0.29, 0.717) is 5.76 Å². The molecule has 1 amide bonds. The number of hydrogen-bond donors (Lipinski definition) is 0. The summed E-state index contributed by atoms with van der Waals surface area (Å²) in [6, 6.07) is 7.97. The number of aromatic nitrogens is 1. The third-order valence-corrected chi connectivity index (χ3v) is 4.04. The number of hydrogen-bond acceptors (Lipinski definition) is 2. The van der Waals surface area contributed by atoms with Crippen molar-refractivity contribution in [2.45, 2.75) is 25.3 Å². The molecule has 0 saturated carbocycles. The molecule has 4 heteroatoms. The lowest BCUT2D eigenvalue weighted by Crippen LogP contribution is -2.38. The first-order valence-corrected chi connectivity index (χ1v) is 7.39. The van der Waals surface area contributed by atoms with Gasteiger partial charge in [-0.25, -0.2) is 0 Å². The Balaban J connectivity index is 1.78. The van der Waals surface area contributed by atoms with Crippen LogP contribution in [0.3, 0.4) is 0 Å². The molecule has 0 aromatic carbocycles. The van der Waals surface area contributed by atoms with E-state index in [1.54, 1.807) is 18.4 Å². The van der Waals surface area contributed by atoms with Crippen molar-refractivity contribution < 1.29 is 9.21 Å². The number of likely N-dealkylation sites (tertiary alicyclic amines) is 1. The third kappa shape index (κ3) is 2.94. The Morgan fingerprint density at radius 2 is 2.24 bits per heavy atom. The zero-order valence-electron chi connectivity index (χ0n) is 12.2. The van der Waals surface area contributed by atoms with E-state index < -0.39 is 0 Å². The fraction of sp³-hybridized carbons (Fsp3) is 0.353. The Morgan fingerprint density at radius 3 is 2.95 bits per heavy atom. The van der Waals surface area contributed by atoms with Crippen molar-refractivity contribution in [2.75, 3.05) is 6.54 Å². The van der Waals surface area contributed by atoms with Crippen LogP contribution < -0.4 is 0 Å². The highest BCUT2D eigenvalue weighted by Gasteiger charge is 2.28. The first-order valence-electron chi connectivity index (χ1n) is 7.39. The molecule has 110 valence electrons. The fourth-order valence-corrected chi connectivity index (χ4v) is 2.96. The molecule has 0 bridgehead atoms. The lowest BCUT2D eigenvalue weighted by atomic mass is 9.99. The second-order valence-electron chi connectivity index (χ2n) is 5.44. The Bertz CT molecular complexity index is 625. The van der Waals surface area contributed by atoms with Crippen molar-refractivity contribution in [3.8, 4) is 0 Å². The summed E-state index contributed by atoms with van der Waals surface area (Å²) in [6.07, 6.45) is 10.3. The van der Waals surface area contributed by atoms with Gasteiger partial charge in [0.05, 0.1) is 12.3 Å². The van der Waals surface area contributed by atoms with Gasteiger partial charge in [0, 0.05) is 31.6 Å². The van der Waals surface area contributed by atoms with Crippen molar-refractivity contribution in [3.05, 3.63) is 54.3 Å². The minimum absolute atomic E-state index is 0.0531. The van der Waals surface area contributed by atoms with Gasteiger partial charge < -0.3 is 13.9 Å². The first kappa shape index (κ1) is 13.7. The Labute approximate surface area is 124 Å². The summed E-state index contributed by atoms with van der Waals surface area (Å²) in [7, 11) is 2.03. The molecule has 1 atom stereocenters. The van der Waals surface area contributed by atoms with Crippen LogP contribution in [-0.2, 0) is 11.8 Å². The molecule has 3 heterocycles. The Hall–Kier alpha value is -2.23. The summed E-state index contributed by atoms with van der Waals surface area (Å²) < 4.78 is 7.33. The number of piperidine rings is 1. The van der Waals surface area contributed by atoms with E-state index in [-0.39, 0.29) is 11.9 Å². The van der Waals surface area contributed by atoms with Gasteiger partial charge in [0.2, 0.25) is 5.91 Å². The van der Waals surface area contributed by atoms with Crippen LogP contribution >= 0.6 is 0 Å². The number of rotatable bonds is 3. The molecular formula is C17H20N2O2. The molecule has 2 aromatic heterocycles. The second-order valence-corrected chi connectivity index (χ2v) is 5.44. The number of furan rings is 1. The van der Waals surface area contributed by atoms with Crippen LogP contribution in [0.5, 0.6) is 0 Å². The maximum Gasteiger partial charge on any atom is 0.247 e. The van der Waals surface area contributed by atoms with Crippen LogP contribution in [0.4, 0.5) is 0 Å². The molecule has 2 aromatic rings. The lowest BCUT2D eigenvalue weighted by molar-refractivity contribution is -0.129. The van der Waals surface area contributed by atoms with E-state index in [9.17, 15) is 4.79 Å². The van der Waals surface area contributed by atoms with Crippen molar-refractivity contribution in [3.63, 3.8) is 0 Å². The van der Waals surface area contributed by atoms with E-state index in [1.165, 1.54) is 12.1 Å². The quantitative estimate of drug-likeness (QED) is 0.810. The van der Waals surface area contributed by atoms with Crippen LogP contribution in [0.2, 0.25) is 0 Å². The van der Waals surface area contributed by atoms with Crippen molar-refractivity contribution in [1.29, 1.82) is 0 Å². The number of aryl methyl sites for hydroxylation is 1. The minimum Gasteiger partial charge on any atom is -0.465 e. The predicted molar refractivity (Wildman–Crippen MR) is 81.5 cm³/mol. The molecule has 1 aliphatic heterocycles. The number of nitrogens with zero attached hydrogens (tertiary/aromatic N) is 2. The van der Waals surface area contributed by atoms with Crippen molar-refractivity contribution >= 4 is 12.0 Å². The Kier molecular flexibility index (Phi) is 3.95. The monoisotopic (exact) mass is 284 g/mol. The zero-order valence-corrected chi connectivity index (χ0v) is 12.2. The molecule has 1 aliphatic rings. The molecule has 21 heavy (non-hydrogen) atoms. The molecule has 4 nitrogen and oxygen atoms in total. The van der Waals surface area contributed by atoms with Gasteiger partial charge in [0.15, 0.2) is 0 Å². The van der Waals surface area contributed by atoms with Gasteiger partial charge in [-0.1, -0.05) is 0 Å². The topological polar surface area (TPSA) is 38.4 Å². The maximum atomic E-state index is 12.5. The van der Waals surface area contributed by atoms with Crippen LogP contribution in [0.1, 0.15) is 36.8 Å². The smallest absolute Gasteiger partial charge is 0.247 e. The van der Waals surface area contributed by atoms with Gasteiger partial charge in [-0.2, -0.15) is 0 Å². The predicted octanol–water partition coefficient (Wildman–Crippen LogP) is 3.39. The zero-order chi connectivity index (χ0) is 14.7. The second kappa shape index (κ2) is 6.04. The molecule has 0 aliphatic carbocycles.